The quantitative estimate of drug-likeness (QED) is 0.471. The second-order valence-electron chi connectivity index (χ2n) is 6.39. The van der Waals surface area contributed by atoms with Crippen molar-refractivity contribution >= 4 is 21.2 Å². The molecule has 1 N–H and O–H groups in total. The molecular weight excluding hydrogens is 402 g/mol. The molecule has 0 fully saturated rings. The van der Waals surface area contributed by atoms with Gasteiger partial charge in [-0.2, -0.15) is 0 Å². The number of nitrogens with zero attached hydrogens (tertiary/aromatic N) is 1. The molecule has 3 rings (SSSR count). The van der Waals surface area contributed by atoms with Gasteiger partial charge in [0.1, 0.15) is 16.5 Å². The van der Waals surface area contributed by atoms with Crippen LogP contribution in [-0.4, -0.2) is 19.6 Å². The van der Waals surface area contributed by atoms with Crippen LogP contribution in [-0.2, 0) is 9.84 Å². The number of nitro groups is 1. The van der Waals surface area contributed by atoms with Crippen molar-refractivity contribution in [2.45, 2.75) is 10.9 Å². The van der Waals surface area contributed by atoms with E-state index in [2.05, 4.69) is 5.32 Å². The van der Waals surface area contributed by atoms with Crippen molar-refractivity contribution in [3.63, 3.8) is 0 Å². The summed E-state index contributed by atoms with van der Waals surface area (Å²) in [5, 5.41) is 14.3. The van der Waals surface area contributed by atoms with Crippen LogP contribution in [0.2, 0.25) is 0 Å². The molecule has 0 aromatic heterocycles. The molecule has 0 heterocycles. The van der Waals surface area contributed by atoms with Gasteiger partial charge in [-0.1, -0.05) is 24.3 Å². The van der Waals surface area contributed by atoms with Gasteiger partial charge in [-0.05, 0) is 47.5 Å². The van der Waals surface area contributed by atoms with Crippen molar-refractivity contribution in [3.8, 4) is 0 Å². The number of sulfone groups is 1. The van der Waals surface area contributed by atoms with Crippen LogP contribution < -0.4 is 5.32 Å². The van der Waals surface area contributed by atoms with E-state index >= 15 is 0 Å². The minimum atomic E-state index is -3.86. The minimum absolute atomic E-state index is 0.301. The van der Waals surface area contributed by atoms with Crippen LogP contribution in [0.25, 0.3) is 0 Å². The SMILES string of the molecule is CS(=O)(=O)c1cc(NC(c2ccc(F)cc2)c2ccc(F)cc2)ccc1[N+](=O)[O-]. The maximum atomic E-state index is 13.3. The monoisotopic (exact) mass is 418 g/mol. The van der Waals surface area contributed by atoms with Crippen LogP contribution in [0.4, 0.5) is 20.2 Å². The van der Waals surface area contributed by atoms with Crippen molar-refractivity contribution in [2.24, 2.45) is 0 Å². The number of hydrogen-bond acceptors (Lipinski definition) is 5. The van der Waals surface area contributed by atoms with E-state index in [1.807, 2.05) is 0 Å². The largest absolute Gasteiger partial charge is 0.374 e. The Morgan fingerprint density at radius 2 is 1.38 bits per heavy atom. The Balaban J connectivity index is 2.07. The highest BCUT2D eigenvalue weighted by molar-refractivity contribution is 7.90. The van der Waals surface area contributed by atoms with Crippen molar-refractivity contribution in [3.05, 3.63) is 99.6 Å². The van der Waals surface area contributed by atoms with Gasteiger partial charge in [0.15, 0.2) is 9.84 Å². The molecule has 0 atom stereocenters. The molecule has 0 aliphatic heterocycles. The second-order valence-corrected chi connectivity index (χ2v) is 8.38. The fraction of sp³-hybridized carbons (Fsp3) is 0.100. The molecular formula is C20H16F2N2O4S. The molecule has 0 saturated carbocycles. The molecule has 29 heavy (non-hydrogen) atoms. The number of rotatable bonds is 6. The van der Waals surface area contributed by atoms with E-state index < -0.39 is 43.0 Å². The van der Waals surface area contributed by atoms with E-state index in [1.54, 1.807) is 24.3 Å². The fourth-order valence-electron chi connectivity index (χ4n) is 2.89. The Morgan fingerprint density at radius 3 is 1.79 bits per heavy atom. The van der Waals surface area contributed by atoms with Crippen molar-refractivity contribution < 1.29 is 22.1 Å². The molecule has 0 aliphatic carbocycles. The van der Waals surface area contributed by atoms with Gasteiger partial charge in [0.25, 0.3) is 5.69 Å². The first-order valence-corrected chi connectivity index (χ1v) is 10.3. The third-order valence-electron chi connectivity index (χ3n) is 4.27. The molecule has 0 bridgehead atoms. The first-order chi connectivity index (χ1) is 13.6. The van der Waals surface area contributed by atoms with Gasteiger partial charge in [-0.3, -0.25) is 10.1 Å². The lowest BCUT2D eigenvalue weighted by Crippen LogP contribution is -2.13. The third-order valence-corrected chi connectivity index (χ3v) is 5.40. The molecule has 0 spiro atoms. The Kier molecular flexibility index (Phi) is 5.60. The first kappa shape index (κ1) is 20.4. The summed E-state index contributed by atoms with van der Waals surface area (Å²) in [5.41, 5.74) is 1.04. The Hall–Kier alpha value is -3.33. The summed E-state index contributed by atoms with van der Waals surface area (Å²) in [5.74, 6) is -0.859. The van der Waals surface area contributed by atoms with Crippen LogP contribution >= 0.6 is 0 Å². The van der Waals surface area contributed by atoms with E-state index in [-0.39, 0.29) is 0 Å². The van der Waals surface area contributed by atoms with Crippen molar-refractivity contribution in [2.75, 3.05) is 11.6 Å². The van der Waals surface area contributed by atoms with E-state index in [0.29, 0.717) is 16.8 Å². The summed E-state index contributed by atoms with van der Waals surface area (Å²) in [6.45, 7) is 0. The normalized spacial score (nSPS) is 11.4. The lowest BCUT2D eigenvalue weighted by molar-refractivity contribution is -0.387. The summed E-state index contributed by atoms with van der Waals surface area (Å²) in [6.07, 6.45) is 0.885. The Bertz CT molecular complexity index is 1100. The van der Waals surface area contributed by atoms with E-state index in [1.165, 1.54) is 36.4 Å². The zero-order valence-corrected chi connectivity index (χ0v) is 16.0. The van der Waals surface area contributed by atoms with Crippen LogP contribution in [0.15, 0.2) is 71.6 Å². The molecule has 0 aliphatic rings. The first-order valence-electron chi connectivity index (χ1n) is 8.41. The average Bonchev–Trinajstić information content (AvgIpc) is 2.67. The predicted octanol–water partition coefficient (Wildman–Crippen LogP) is 4.48. The van der Waals surface area contributed by atoms with Crippen molar-refractivity contribution in [1.29, 1.82) is 0 Å². The van der Waals surface area contributed by atoms with Gasteiger partial charge in [0.2, 0.25) is 0 Å². The molecule has 3 aromatic carbocycles. The molecule has 150 valence electrons. The van der Waals surface area contributed by atoms with Gasteiger partial charge in [0, 0.05) is 18.0 Å². The Labute approximate surface area is 165 Å². The van der Waals surface area contributed by atoms with Crippen molar-refractivity contribution in [1.82, 2.24) is 0 Å². The molecule has 0 amide bonds. The maximum Gasteiger partial charge on any atom is 0.288 e. The van der Waals surface area contributed by atoms with Gasteiger partial charge in [-0.25, -0.2) is 17.2 Å². The van der Waals surface area contributed by atoms with Gasteiger partial charge in [0.05, 0.1) is 11.0 Å². The molecule has 0 saturated heterocycles. The Morgan fingerprint density at radius 1 is 0.897 bits per heavy atom. The van der Waals surface area contributed by atoms with Crippen LogP contribution in [0, 0.1) is 21.7 Å². The molecule has 0 radical (unpaired) electrons. The number of benzene rings is 3. The maximum absolute atomic E-state index is 13.3. The average molecular weight is 418 g/mol. The number of nitro benzene ring substituents is 1. The van der Waals surface area contributed by atoms with E-state index in [4.69, 9.17) is 0 Å². The summed E-state index contributed by atoms with van der Waals surface area (Å²) in [4.78, 5) is 9.97. The third kappa shape index (κ3) is 4.75. The van der Waals surface area contributed by atoms with Crippen LogP contribution in [0.5, 0.6) is 0 Å². The molecule has 6 nitrogen and oxygen atoms in total. The lowest BCUT2D eigenvalue weighted by atomic mass is 9.98. The topological polar surface area (TPSA) is 89.3 Å². The smallest absolute Gasteiger partial charge is 0.288 e. The fourth-order valence-corrected chi connectivity index (χ4v) is 3.75. The number of halogens is 2. The summed E-state index contributed by atoms with van der Waals surface area (Å²) >= 11 is 0. The second kappa shape index (κ2) is 7.96. The lowest BCUT2D eigenvalue weighted by Gasteiger charge is -2.21. The van der Waals surface area contributed by atoms with E-state index in [0.717, 1.165) is 12.3 Å². The molecule has 3 aromatic rings. The number of nitrogens with one attached hydrogen (secondary N) is 1. The zero-order valence-electron chi connectivity index (χ0n) is 15.2. The number of hydrogen-bond donors (Lipinski definition) is 1. The summed E-state index contributed by atoms with van der Waals surface area (Å²) in [6, 6.07) is 14.3. The highest BCUT2D eigenvalue weighted by Gasteiger charge is 2.23. The van der Waals surface area contributed by atoms with Gasteiger partial charge >= 0.3 is 0 Å². The molecule has 9 heteroatoms. The number of anilines is 1. The summed E-state index contributed by atoms with van der Waals surface area (Å²) < 4.78 is 50.7. The zero-order chi connectivity index (χ0) is 21.2. The van der Waals surface area contributed by atoms with Gasteiger partial charge in [-0.15, -0.1) is 0 Å². The minimum Gasteiger partial charge on any atom is -0.374 e. The van der Waals surface area contributed by atoms with Crippen LogP contribution in [0.3, 0.4) is 0 Å². The predicted molar refractivity (Wildman–Crippen MR) is 104 cm³/mol. The summed E-state index contributed by atoms with van der Waals surface area (Å²) in [7, 11) is -3.86. The van der Waals surface area contributed by atoms with Crippen LogP contribution in [0.1, 0.15) is 17.2 Å². The highest BCUT2D eigenvalue weighted by Crippen LogP contribution is 2.31. The molecule has 0 unspecified atom stereocenters. The standard InChI is InChI=1S/C20H16F2N2O4S/c1-29(27,28)19-12-17(10-11-18(19)24(25)26)23-20(13-2-6-15(21)7-3-13)14-4-8-16(22)9-5-14/h2-12,20,23H,1H3. The van der Waals surface area contributed by atoms with Gasteiger partial charge < -0.3 is 5.32 Å². The highest BCUT2D eigenvalue weighted by atomic mass is 32.2. The van der Waals surface area contributed by atoms with E-state index in [9.17, 15) is 27.3 Å².